The number of anilines is 1. The van der Waals surface area contributed by atoms with Crippen LogP contribution in [0.15, 0.2) is 17.7 Å². The lowest BCUT2D eigenvalue weighted by Gasteiger charge is -2.09. The Bertz CT molecular complexity index is 1230. The third kappa shape index (κ3) is 4.19. The number of nitrogens with one attached hydrogen (secondary N) is 1. The molecule has 1 amide bonds. The Morgan fingerprint density at radius 2 is 1.90 bits per heavy atom. The van der Waals surface area contributed by atoms with Gasteiger partial charge >= 0.3 is 5.69 Å². The topological polar surface area (TPSA) is 183 Å². The van der Waals surface area contributed by atoms with Gasteiger partial charge in [-0.25, -0.2) is 0 Å². The number of non-ortho nitro benzene ring substituents is 1. The van der Waals surface area contributed by atoms with E-state index in [1.54, 1.807) is 6.07 Å². The summed E-state index contributed by atoms with van der Waals surface area (Å²) < 4.78 is 0. The molecule has 2 N–H and O–H groups in total. The lowest BCUT2D eigenvalue weighted by Crippen LogP contribution is -2.13. The van der Waals surface area contributed by atoms with Crippen LogP contribution in [0.2, 0.25) is 0 Å². The van der Waals surface area contributed by atoms with Crippen molar-refractivity contribution in [1.29, 1.82) is 10.5 Å². The summed E-state index contributed by atoms with van der Waals surface area (Å²) in [5.74, 6) is -1.83. The van der Waals surface area contributed by atoms with E-state index in [9.17, 15) is 40.7 Å². The molecule has 3 rings (SSSR count). The first-order valence-electron chi connectivity index (χ1n) is 8.90. The molecule has 1 heterocycles. The van der Waals surface area contributed by atoms with Crippen LogP contribution in [-0.2, 0) is 17.6 Å². The first-order chi connectivity index (χ1) is 14.8. The first kappa shape index (κ1) is 21.4. The maximum Gasteiger partial charge on any atom is 0.318 e. The van der Waals surface area contributed by atoms with Crippen molar-refractivity contribution in [2.45, 2.75) is 25.7 Å². The quantitative estimate of drug-likeness (QED) is 0.306. The Labute approximate surface area is 178 Å². The SMILES string of the molecule is N#CC(=Cc1cc([N+](=O)[O-])cc([N+](=O)[O-])c1O)C(=O)Nc1sc2c(c1C#N)CCCC2. The minimum atomic E-state index is -1.01. The van der Waals surface area contributed by atoms with Gasteiger partial charge in [0.2, 0.25) is 5.75 Å². The lowest BCUT2D eigenvalue weighted by atomic mass is 9.96. The van der Waals surface area contributed by atoms with Crippen molar-refractivity contribution in [3.8, 4) is 17.9 Å². The van der Waals surface area contributed by atoms with Gasteiger partial charge in [0.05, 0.1) is 21.5 Å². The minimum absolute atomic E-state index is 0.287. The van der Waals surface area contributed by atoms with Crippen LogP contribution in [0, 0.1) is 42.9 Å². The summed E-state index contributed by atoms with van der Waals surface area (Å²) in [6.07, 6.45) is 4.23. The zero-order valence-electron chi connectivity index (χ0n) is 15.7. The largest absolute Gasteiger partial charge is 0.502 e. The predicted molar refractivity (Wildman–Crippen MR) is 109 cm³/mol. The molecule has 156 valence electrons. The van der Waals surface area contributed by atoms with Crippen LogP contribution in [0.5, 0.6) is 5.75 Å². The number of benzene rings is 1. The predicted octanol–water partition coefficient (Wildman–Crippen LogP) is 3.57. The van der Waals surface area contributed by atoms with Gasteiger partial charge in [-0.1, -0.05) is 0 Å². The summed E-state index contributed by atoms with van der Waals surface area (Å²) in [4.78, 5) is 33.8. The van der Waals surface area contributed by atoms with Crippen molar-refractivity contribution in [2.24, 2.45) is 0 Å². The van der Waals surface area contributed by atoms with Crippen molar-refractivity contribution in [1.82, 2.24) is 0 Å². The molecule has 0 atom stereocenters. The molecule has 1 aliphatic rings. The van der Waals surface area contributed by atoms with Gasteiger partial charge < -0.3 is 10.4 Å². The van der Waals surface area contributed by atoms with E-state index in [-0.39, 0.29) is 5.00 Å². The maximum atomic E-state index is 12.6. The summed E-state index contributed by atoms with van der Waals surface area (Å²) in [5.41, 5.74) is -1.40. The molecule has 1 aromatic carbocycles. The van der Waals surface area contributed by atoms with Gasteiger partial charge in [0.15, 0.2) is 0 Å². The molecule has 11 nitrogen and oxygen atoms in total. The maximum absolute atomic E-state index is 12.6. The fraction of sp³-hybridized carbons (Fsp3) is 0.211. The second kappa shape index (κ2) is 8.61. The molecular weight excluding hydrogens is 426 g/mol. The number of carbonyl (C=O) groups is 1. The van der Waals surface area contributed by atoms with E-state index in [0.29, 0.717) is 11.6 Å². The highest BCUT2D eigenvalue weighted by Gasteiger charge is 2.25. The Kier molecular flexibility index (Phi) is 5.95. The van der Waals surface area contributed by atoms with Crippen molar-refractivity contribution < 1.29 is 19.7 Å². The highest BCUT2D eigenvalue weighted by molar-refractivity contribution is 7.16. The Hall–Kier alpha value is -4.29. The van der Waals surface area contributed by atoms with E-state index in [4.69, 9.17) is 0 Å². The summed E-state index contributed by atoms with van der Waals surface area (Å²) in [6, 6.07) is 5.08. The Morgan fingerprint density at radius 3 is 2.52 bits per heavy atom. The Balaban J connectivity index is 2.00. The van der Waals surface area contributed by atoms with Gasteiger partial charge in [-0.2, -0.15) is 10.5 Å². The standard InChI is InChI=1S/C19H13N5O6S/c20-8-11(5-10-6-12(23(27)28)7-15(17(10)25)24(29)30)18(26)22-19-14(9-21)13-3-1-2-4-16(13)31-19/h5-7,25H,1-4H2,(H,22,26). The second-order valence-electron chi connectivity index (χ2n) is 6.57. The molecule has 0 spiro atoms. The van der Waals surface area contributed by atoms with Crippen LogP contribution in [0.4, 0.5) is 16.4 Å². The van der Waals surface area contributed by atoms with E-state index in [1.165, 1.54) is 11.3 Å². The fourth-order valence-electron chi connectivity index (χ4n) is 3.23. The molecular formula is C19H13N5O6S. The van der Waals surface area contributed by atoms with Crippen LogP contribution in [0.25, 0.3) is 6.08 Å². The molecule has 1 aromatic heterocycles. The Morgan fingerprint density at radius 1 is 1.19 bits per heavy atom. The van der Waals surface area contributed by atoms with Gasteiger partial charge in [0.25, 0.3) is 11.6 Å². The molecule has 0 bridgehead atoms. The second-order valence-corrected chi connectivity index (χ2v) is 7.67. The molecule has 1 aliphatic carbocycles. The molecule has 0 saturated carbocycles. The number of rotatable bonds is 5. The number of aryl methyl sites for hydroxylation is 1. The number of nitriles is 2. The summed E-state index contributed by atoms with van der Waals surface area (Å²) in [6.45, 7) is 0. The number of nitro groups is 2. The van der Waals surface area contributed by atoms with Gasteiger partial charge in [-0.15, -0.1) is 11.3 Å². The highest BCUT2D eigenvalue weighted by Crippen LogP contribution is 2.38. The first-order valence-corrected chi connectivity index (χ1v) is 9.72. The number of fused-ring (bicyclic) bond motifs is 1. The number of carbonyl (C=O) groups excluding carboxylic acids is 1. The normalized spacial score (nSPS) is 12.9. The van der Waals surface area contributed by atoms with E-state index in [2.05, 4.69) is 11.4 Å². The molecule has 31 heavy (non-hydrogen) atoms. The van der Waals surface area contributed by atoms with E-state index in [0.717, 1.165) is 48.3 Å². The van der Waals surface area contributed by atoms with Gasteiger partial charge in [-0.3, -0.25) is 25.0 Å². The van der Waals surface area contributed by atoms with E-state index < -0.39 is 44.0 Å². The van der Waals surface area contributed by atoms with Crippen molar-refractivity contribution in [2.75, 3.05) is 5.32 Å². The molecule has 0 radical (unpaired) electrons. The van der Waals surface area contributed by atoms with Gasteiger partial charge in [0, 0.05) is 16.5 Å². The van der Waals surface area contributed by atoms with E-state index in [1.807, 2.05) is 0 Å². The number of amides is 1. The van der Waals surface area contributed by atoms with Crippen LogP contribution < -0.4 is 5.32 Å². The molecule has 12 heteroatoms. The fourth-order valence-corrected chi connectivity index (χ4v) is 4.46. The van der Waals surface area contributed by atoms with Crippen molar-refractivity contribution >= 4 is 39.7 Å². The smallest absolute Gasteiger partial charge is 0.318 e. The number of phenols is 1. The van der Waals surface area contributed by atoms with Crippen LogP contribution in [0.1, 0.15) is 34.4 Å². The van der Waals surface area contributed by atoms with E-state index >= 15 is 0 Å². The number of hydrogen-bond acceptors (Lipinski definition) is 9. The third-order valence-corrected chi connectivity index (χ3v) is 5.89. The van der Waals surface area contributed by atoms with Crippen LogP contribution in [-0.4, -0.2) is 20.9 Å². The zero-order chi connectivity index (χ0) is 22.7. The van der Waals surface area contributed by atoms with Crippen LogP contribution >= 0.6 is 11.3 Å². The molecule has 0 fully saturated rings. The molecule has 2 aromatic rings. The van der Waals surface area contributed by atoms with Crippen molar-refractivity contribution in [3.05, 3.63) is 59.5 Å². The molecule has 0 unspecified atom stereocenters. The zero-order valence-corrected chi connectivity index (χ0v) is 16.6. The third-order valence-electron chi connectivity index (χ3n) is 4.69. The minimum Gasteiger partial charge on any atom is -0.502 e. The monoisotopic (exact) mass is 439 g/mol. The summed E-state index contributed by atoms with van der Waals surface area (Å²) in [5, 5.41) is 53.8. The van der Waals surface area contributed by atoms with Gasteiger partial charge in [-0.05, 0) is 37.3 Å². The number of nitrogens with zero attached hydrogens (tertiary/aromatic N) is 4. The highest BCUT2D eigenvalue weighted by atomic mass is 32.1. The van der Waals surface area contributed by atoms with Gasteiger partial charge in [0.1, 0.15) is 22.7 Å². The average Bonchev–Trinajstić information content (AvgIpc) is 3.09. The number of phenolic OH excluding ortho intramolecular Hbond substituents is 1. The molecule has 0 aliphatic heterocycles. The average molecular weight is 439 g/mol. The van der Waals surface area contributed by atoms with Crippen LogP contribution in [0.3, 0.4) is 0 Å². The summed E-state index contributed by atoms with van der Waals surface area (Å²) in [7, 11) is 0. The molecule has 0 saturated heterocycles. The van der Waals surface area contributed by atoms with Crippen molar-refractivity contribution in [3.63, 3.8) is 0 Å². The number of aromatic hydroxyl groups is 1. The summed E-state index contributed by atoms with van der Waals surface area (Å²) >= 11 is 1.25. The number of hydrogen-bond donors (Lipinski definition) is 2. The number of thiophene rings is 1. The number of nitro benzene ring substituents is 2. The lowest BCUT2D eigenvalue weighted by molar-refractivity contribution is -0.394.